The molecule has 1 aliphatic heterocycles. The van der Waals surface area contributed by atoms with Crippen molar-refractivity contribution in [1.29, 1.82) is 0 Å². The Bertz CT molecular complexity index is 470. The second kappa shape index (κ2) is 5.38. The maximum Gasteiger partial charge on any atom is 0.0511 e. The van der Waals surface area contributed by atoms with Gasteiger partial charge in [0.05, 0.1) is 5.69 Å². The molecule has 0 aliphatic carbocycles. The predicted molar refractivity (Wildman–Crippen MR) is 79.0 cm³/mol. The average molecular weight is 242 g/mol. The topological polar surface area (TPSA) is 16.1 Å². The van der Waals surface area contributed by atoms with Gasteiger partial charge in [0.2, 0.25) is 0 Å². The van der Waals surface area contributed by atoms with Crippen molar-refractivity contribution in [3.05, 3.63) is 41.7 Å². The summed E-state index contributed by atoms with van der Waals surface area (Å²) in [4.78, 5) is 6.83. The van der Waals surface area contributed by atoms with Crippen molar-refractivity contribution in [2.75, 3.05) is 11.4 Å². The van der Waals surface area contributed by atoms with Crippen LogP contribution in [0.4, 0.5) is 5.69 Å². The maximum absolute atomic E-state index is 4.38. The molecule has 18 heavy (non-hydrogen) atoms. The molecular formula is C16H22N2. The minimum Gasteiger partial charge on any atom is -0.365 e. The monoisotopic (exact) mass is 242 g/mol. The van der Waals surface area contributed by atoms with Crippen LogP contribution >= 0.6 is 0 Å². The zero-order valence-corrected chi connectivity index (χ0v) is 11.7. The van der Waals surface area contributed by atoms with Gasteiger partial charge in [0.25, 0.3) is 0 Å². The Morgan fingerprint density at radius 3 is 2.56 bits per heavy atom. The molecule has 0 unspecified atom stereocenters. The van der Waals surface area contributed by atoms with Gasteiger partial charge in [0.1, 0.15) is 0 Å². The van der Waals surface area contributed by atoms with Crippen LogP contribution in [0, 0.1) is 0 Å². The summed E-state index contributed by atoms with van der Waals surface area (Å²) in [6, 6.07) is 0.486. The summed E-state index contributed by atoms with van der Waals surface area (Å²) < 4.78 is 0. The number of hydrogen-bond acceptors (Lipinski definition) is 2. The fourth-order valence-electron chi connectivity index (χ4n) is 2.34. The highest BCUT2D eigenvalue weighted by molar-refractivity contribution is 5.72. The largest absolute Gasteiger partial charge is 0.365 e. The SMILES string of the molecule is CC(C)c1cncc2c1N(C(C)C)C/C=C\C=C2. The molecule has 0 spiro atoms. The zero-order chi connectivity index (χ0) is 13.1. The van der Waals surface area contributed by atoms with E-state index in [1.807, 2.05) is 12.4 Å². The van der Waals surface area contributed by atoms with E-state index in [1.165, 1.54) is 16.8 Å². The Labute approximate surface area is 110 Å². The summed E-state index contributed by atoms with van der Waals surface area (Å²) in [6.07, 6.45) is 12.6. The van der Waals surface area contributed by atoms with E-state index in [9.17, 15) is 0 Å². The Morgan fingerprint density at radius 2 is 1.89 bits per heavy atom. The van der Waals surface area contributed by atoms with Crippen molar-refractivity contribution >= 4 is 11.8 Å². The van der Waals surface area contributed by atoms with E-state index >= 15 is 0 Å². The van der Waals surface area contributed by atoms with Crippen LogP contribution in [-0.4, -0.2) is 17.6 Å². The van der Waals surface area contributed by atoms with Gasteiger partial charge in [-0.15, -0.1) is 0 Å². The summed E-state index contributed by atoms with van der Waals surface area (Å²) in [7, 11) is 0. The van der Waals surface area contributed by atoms with Crippen molar-refractivity contribution < 1.29 is 0 Å². The number of anilines is 1. The molecule has 0 fully saturated rings. The van der Waals surface area contributed by atoms with Crippen molar-refractivity contribution in [2.45, 2.75) is 39.7 Å². The molecule has 0 saturated carbocycles. The molecule has 2 rings (SSSR count). The Kier molecular flexibility index (Phi) is 3.85. The Balaban J connectivity index is 2.61. The van der Waals surface area contributed by atoms with Crippen LogP contribution in [-0.2, 0) is 0 Å². The molecule has 2 heteroatoms. The zero-order valence-electron chi connectivity index (χ0n) is 11.7. The lowest BCUT2D eigenvalue weighted by Crippen LogP contribution is -2.32. The normalized spacial score (nSPS) is 16.7. The number of hydrogen-bond donors (Lipinski definition) is 0. The number of fused-ring (bicyclic) bond motifs is 1. The van der Waals surface area contributed by atoms with Gasteiger partial charge in [0.15, 0.2) is 0 Å². The molecule has 0 N–H and O–H groups in total. The number of nitrogens with zero attached hydrogens (tertiary/aromatic N) is 2. The molecule has 0 bridgehead atoms. The van der Waals surface area contributed by atoms with Crippen molar-refractivity contribution in [3.8, 4) is 0 Å². The van der Waals surface area contributed by atoms with Gasteiger partial charge >= 0.3 is 0 Å². The van der Waals surface area contributed by atoms with Gasteiger partial charge in [-0.1, -0.05) is 38.2 Å². The lowest BCUT2D eigenvalue weighted by Gasteiger charge is -2.32. The molecule has 96 valence electrons. The van der Waals surface area contributed by atoms with Crippen LogP contribution in [0.5, 0.6) is 0 Å². The molecule has 0 atom stereocenters. The van der Waals surface area contributed by atoms with Crippen LogP contribution in [0.3, 0.4) is 0 Å². The molecule has 2 nitrogen and oxygen atoms in total. The van der Waals surface area contributed by atoms with Gasteiger partial charge in [-0.3, -0.25) is 4.98 Å². The summed E-state index contributed by atoms with van der Waals surface area (Å²) in [5, 5.41) is 0. The van der Waals surface area contributed by atoms with Gasteiger partial charge in [-0.25, -0.2) is 0 Å². The third kappa shape index (κ3) is 2.47. The highest BCUT2D eigenvalue weighted by Gasteiger charge is 2.19. The summed E-state index contributed by atoms with van der Waals surface area (Å²) in [6.45, 7) is 9.90. The lowest BCUT2D eigenvalue weighted by atomic mass is 9.98. The summed E-state index contributed by atoms with van der Waals surface area (Å²) in [5.41, 5.74) is 3.90. The summed E-state index contributed by atoms with van der Waals surface area (Å²) in [5.74, 6) is 0.491. The molecule has 2 heterocycles. The van der Waals surface area contributed by atoms with E-state index in [-0.39, 0.29) is 0 Å². The highest BCUT2D eigenvalue weighted by atomic mass is 15.2. The number of rotatable bonds is 2. The van der Waals surface area contributed by atoms with E-state index in [0.717, 1.165) is 6.54 Å². The Morgan fingerprint density at radius 1 is 1.11 bits per heavy atom. The Hall–Kier alpha value is -1.57. The number of allylic oxidation sites excluding steroid dienone is 2. The molecule has 1 aliphatic rings. The minimum atomic E-state index is 0.486. The molecule has 1 aromatic heterocycles. The lowest BCUT2D eigenvalue weighted by molar-refractivity contribution is 0.709. The van der Waals surface area contributed by atoms with Gasteiger partial charge in [-0.2, -0.15) is 0 Å². The first kappa shape index (κ1) is 12.9. The fraction of sp³-hybridized carbons (Fsp3) is 0.438. The third-order valence-corrected chi connectivity index (χ3v) is 3.33. The molecule has 0 amide bonds. The van der Waals surface area contributed by atoms with Gasteiger partial charge < -0.3 is 4.90 Å². The minimum absolute atomic E-state index is 0.486. The van der Waals surface area contributed by atoms with E-state index in [2.05, 4.69) is 61.9 Å². The first-order valence-electron chi connectivity index (χ1n) is 6.69. The molecule has 0 aromatic carbocycles. The highest BCUT2D eigenvalue weighted by Crippen LogP contribution is 2.33. The van der Waals surface area contributed by atoms with Crippen LogP contribution in [0.2, 0.25) is 0 Å². The van der Waals surface area contributed by atoms with Crippen LogP contribution < -0.4 is 4.90 Å². The van der Waals surface area contributed by atoms with Crippen molar-refractivity contribution in [3.63, 3.8) is 0 Å². The second-order valence-electron chi connectivity index (χ2n) is 5.35. The maximum atomic E-state index is 4.38. The summed E-state index contributed by atoms with van der Waals surface area (Å²) >= 11 is 0. The molecular weight excluding hydrogens is 220 g/mol. The molecule has 0 radical (unpaired) electrons. The van der Waals surface area contributed by atoms with Gasteiger partial charge in [0, 0.05) is 30.5 Å². The van der Waals surface area contributed by atoms with E-state index in [1.54, 1.807) is 0 Å². The van der Waals surface area contributed by atoms with E-state index < -0.39 is 0 Å². The van der Waals surface area contributed by atoms with E-state index in [4.69, 9.17) is 0 Å². The number of aromatic nitrogens is 1. The van der Waals surface area contributed by atoms with E-state index in [0.29, 0.717) is 12.0 Å². The smallest absolute Gasteiger partial charge is 0.0511 e. The first-order valence-corrected chi connectivity index (χ1v) is 6.69. The predicted octanol–water partition coefficient (Wildman–Crippen LogP) is 4.00. The second-order valence-corrected chi connectivity index (χ2v) is 5.35. The number of pyridine rings is 1. The average Bonchev–Trinajstić information content (AvgIpc) is 2.28. The standard InChI is InChI=1S/C16H22N2/c1-12(2)15-11-17-10-14-8-6-5-7-9-18(13(3)4)16(14)15/h5-8,10-13H,9H2,1-4H3/b7-5-,8-6?. The fourth-order valence-corrected chi connectivity index (χ4v) is 2.34. The molecule has 1 aromatic rings. The van der Waals surface area contributed by atoms with Crippen molar-refractivity contribution in [1.82, 2.24) is 4.98 Å². The van der Waals surface area contributed by atoms with Gasteiger partial charge in [-0.05, 0) is 25.3 Å². The third-order valence-electron chi connectivity index (χ3n) is 3.33. The van der Waals surface area contributed by atoms with Crippen LogP contribution in [0.15, 0.2) is 30.6 Å². The first-order chi connectivity index (χ1) is 8.61. The quantitative estimate of drug-likeness (QED) is 0.779. The van der Waals surface area contributed by atoms with Crippen LogP contribution in [0.25, 0.3) is 6.08 Å². The molecule has 0 saturated heterocycles. The van der Waals surface area contributed by atoms with Crippen molar-refractivity contribution in [2.24, 2.45) is 0 Å². The van der Waals surface area contributed by atoms with Crippen LogP contribution in [0.1, 0.15) is 44.7 Å².